The smallest absolute Gasteiger partial charge is 0.258 e. The van der Waals surface area contributed by atoms with Crippen LogP contribution in [-0.4, -0.2) is 11.2 Å². The van der Waals surface area contributed by atoms with E-state index in [1.807, 2.05) is 26.2 Å². The van der Waals surface area contributed by atoms with Crippen molar-refractivity contribution >= 4 is 17.4 Å². The fourth-order valence-electron chi connectivity index (χ4n) is 1.29. The highest BCUT2D eigenvalue weighted by molar-refractivity contribution is 7.98. The Balaban J connectivity index is 3.20. The Bertz CT molecular complexity index is 350. The first kappa shape index (κ1) is 11.0. The van der Waals surface area contributed by atoms with Crippen LogP contribution in [0.4, 0.5) is 5.69 Å². The number of hydrogen-bond acceptors (Lipinski definition) is 3. The Hall–Kier alpha value is -1.03. The lowest BCUT2D eigenvalue weighted by Gasteiger charge is -2.09. The van der Waals surface area contributed by atoms with Gasteiger partial charge in [0.2, 0.25) is 0 Å². The monoisotopic (exact) mass is 211 g/mol. The van der Waals surface area contributed by atoms with Crippen molar-refractivity contribution in [2.24, 2.45) is 0 Å². The van der Waals surface area contributed by atoms with Crippen molar-refractivity contribution < 1.29 is 4.92 Å². The summed E-state index contributed by atoms with van der Waals surface area (Å²) >= 11 is 1.62. The van der Waals surface area contributed by atoms with Gasteiger partial charge in [-0.2, -0.15) is 0 Å². The minimum absolute atomic E-state index is 0.173. The van der Waals surface area contributed by atoms with Crippen LogP contribution in [0.1, 0.15) is 25.3 Å². The lowest BCUT2D eigenvalue weighted by Crippen LogP contribution is -1.94. The number of nitro benzene ring substituents is 1. The lowest BCUT2D eigenvalue weighted by atomic mass is 10.0. The molecular formula is C10H13NO2S. The van der Waals surface area contributed by atoms with Gasteiger partial charge < -0.3 is 0 Å². The molecular weight excluding hydrogens is 198 g/mol. The van der Waals surface area contributed by atoms with Gasteiger partial charge in [0.05, 0.1) is 4.92 Å². The van der Waals surface area contributed by atoms with Gasteiger partial charge in [0.15, 0.2) is 0 Å². The molecule has 0 aliphatic carbocycles. The molecule has 1 aromatic carbocycles. The van der Waals surface area contributed by atoms with Crippen LogP contribution in [-0.2, 0) is 0 Å². The van der Waals surface area contributed by atoms with Crippen molar-refractivity contribution in [3.05, 3.63) is 33.9 Å². The van der Waals surface area contributed by atoms with E-state index in [0.717, 1.165) is 10.5 Å². The number of nitrogens with zero attached hydrogens (tertiary/aromatic N) is 1. The predicted molar refractivity (Wildman–Crippen MR) is 59.0 cm³/mol. The Morgan fingerprint density at radius 3 is 2.50 bits per heavy atom. The van der Waals surface area contributed by atoms with Crippen molar-refractivity contribution in [1.82, 2.24) is 0 Å². The highest BCUT2D eigenvalue weighted by atomic mass is 32.2. The van der Waals surface area contributed by atoms with Crippen LogP contribution in [0.15, 0.2) is 23.1 Å². The summed E-state index contributed by atoms with van der Waals surface area (Å²) in [7, 11) is 0. The van der Waals surface area contributed by atoms with E-state index in [9.17, 15) is 10.1 Å². The molecule has 4 heteroatoms. The highest BCUT2D eigenvalue weighted by Gasteiger charge is 2.12. The SMILES string of the molecule is CSc1ccc([N+](=O)[O-])cc1C(C)C. The van der Waals surface area contributed by atoms with E-state index >= 15 is 0 Å². The summed E-state index contributed by atoms with van der Waals surface area (Å²) in [5, 5.41) is 10.6. The van der Waals surface area contributed by atoms with Gasteiger partial charge in [0, 0.05) is 17.0 Å². The molecule has 0 N–H and O–H groups in total. The van der Waals surface area contributed by atoms with E-state index in [1.165, 1.54) is 0 Å². The molecule has 0 bridgehead atoms. The second kappa shape index (κ2) is 4.46. The molecule has 1 rings (SSSR count). The van der Waals surface area contributed by atoms with Gasteiger partial charge in [-0.3, -0.25) is 10.1 Å². The number of non-ortho nitro benzene ring substituents is 1. The van der Waals surface area contributed by atoms with Crippen molar-refractivity contribution in [3.63, 3.8) is 0 Å². The molecule has 0 aromatic heterocycles. The fraction of sp³-hybridized carbons (Fsp3) is 0.400. The minimum Gasteiger partial charge on any atom is -0.258 e. The molecule has 0 unspecified atom stereocenters. The third-order valence-corrected chi connectivity index (χ3v) is 2.86. The second-order valence-electron chi connectivity index (χ2n) is 3.34. The standard InChI is InChI=1S/C10H13NO2S/c1-7(2)9-6-8(11(12)13)4-5-10(9)14-3/h4-7H,1-3H3. The quantitative estimate of drug-likeness (QED) is 0.437. The van der Waals surface area contributed by atoms with Gasteiger partial charge >= 0.3 is 0 Å². The average Bonchev–Trinajstić information content (AvgIpc) is 2.16. The summed E-state index contributed by atoms with van der Waals surface area (Å²) in [5.41, 5.74) is 1.22. The van der Waals surface area contributed by atoms with Crippen LogP contribution in [0.5, 0.6) is 0 Å². The van der Waals surface area contributed by atoms with Crippen molar-refractivity contribution in [3.8, 4) is 0 Å². The average molecular weight is 211 g/mol. The zero-order valence-corrected chi connectivity index (χ0v) is 9.30. The first-order valence-electron chi connectivity index (χ1n) is 4.38. The van der Waals surface area contributed by atoms with E-state index in [-0.39, 0.29) is 10.6 Å². The van der Waals surface area contributed by atoms with Gasteiger partial charge in [-0.25, -0.2) is 0 Å². The summed E-state index contributed by atoms with van der Waals surface area (Å²) in [6, 6.07) is 5.03. The molecule has 14 heavy (non-hydrogen) atoms. The number of thioether (sulfide) groups is 1. The molecule has 0 aliphatic rings. The third kappa shape index (κ3) is 2.26. The van der Waals surface area contributed by atoms with Crippen molar-refractivity contribution in [2.75, 3.05) is 6.26 Å². The zero-order valence-electron chi connectivity index (χ0n) is 8.48. The Morgan fingerprint density at radius 1 is 1.43 bits per heavy atom. The van der Waals surface area contributed by atoms with Crippen LogP contribution in [0, 0.1) is 10.1 Å². The van der Waals surface area contributed by atoms with Crippen LogP contribution in [0.2, 0.25) is 0 Å². The lowest BCUT2D eigenvalue weighted by molar-refractivity contribution is -0.385. The van der Waals surface area contributed by atoms with Gasteiger partial charge in [-0.15, -0.1) is 11.8 Å². The third-order valence-electron chi connectivity index (χ3n) is 2.05. The van der Waals surface area contributed by atoms with Gasteiger partial charge in [0.1, 0.15) is 0 Å². The maximum Gasteiger partial charge on any atom is 0.269 e. The molecule has 1 aromatic rings. The normalized spacial score (nSPS) is 10.6. The van der Waals surface area contributed by atoms with Crippen molar-refractivity contribution in [2.45, 2.75) is 24.7 Å². The summed E-state index contributed by atoms with van der Waals surface area (Å²) in [5.74, 6) is 0.317. The molecule has 0 fully saturated rings. The molecule has 0 heterocycles. The Labute approximate surface area is 87.7 Å². The van der Waals surface area contributed by atoms with Crippen LogP contribution >= 0.6 is 11.8 Å². The number of benzene rings is 1. The van der Waals surface area contributed by atoms with Crippen molar-refractivity contribution in [1.29, 1.82) is 0 Å². The Morgan fingerprint density at radius 2 is 2.07 bits per heavy atom. The summed E-state index contributed by atoms with van der Waals surface area (Å²) in [6.07, 6.45) is 1.98. The fourth-order valence-corrected chi connectivity index (χ4v) is 2.02. The number of rotatable bonds is 3. The predicted octanol–water partition coefficient (Wildman–Crippen LogP) is 3.44. The van der Waals surface area contributed by atoms with E-state index in [0.29, 0.717) is 5.92 Å². The number of nitro groups is 1. The molecule has 0 saturated heterocycles. The first-order chi connectivity index (χ1) is 6.56. The van der Waals surface area contributed by atoms with E-state index in [4.69, 9.17) is 0 Å². The maximum atomic E-state index is 10.6. The minimum atomic E-state index is -0.351. The summed E-state index contributed by atoms with van der Waals surface area (Å²) in [6.45, 7) is 4.08. The van der Waals surface area contributed by atoms with Gasteiger partial charge in [-0.05, 0) is 23.8 Å². The molecule has 0 spiro atoms. The van der Waals surface area contributed by atoms with E-state index < -0.39 is 0 Å². The highest BCUT2D eigenvalue weighted by Crippen LogP contribution is 2.30. The maximum absolute atomic E-state index is 10.6. The largest absolute Gasteiger partial charge is 0.269 e. The molecule has 0 atom stereocenters. The molecule has 0 aliphatic heterocycles. The van der Waals surface area contributed by atoms with Crippen LogP contribution in [0.25, 0.3) is 0 Å². The Kier molecular flexibility index (Phi) is 3.52. The summed E-state index contributed by atoms with van der Waals surface area (Å²) in [4.78, 5) is 11.3. The van der Waals surface area contributed by atoms with Crippen LogP contribution in [0.3, 0.4) is 0 Å². The zero-order chi connectivity index (χ0) is 10.7. The molecule has 0 saturated carbocycles. The molecule has 0 radical (unpaired) electrons. The molecule has 3 nitrogen and oxygen atoms in total. The van der Waals surface area contributed by atoms with Gasteiger partial charge in [-0.1, -0.05) is 13.8 Å². The second-order valence-corrected chi connectivity index (χ2v) is 4.19. The van der Waals surface area contributed by atoms with Crippen LogP contribution < -0.4 is 0 Å². The van der Waals surface area contributed by atoms with E-state index in [2.05, 4.69) is 0 Å². The topological polar surface area (TPSA) is 43.1 Å². The van der Waals surface area contributed by atoms with E-state index in [1.54, 1.807) is 23.9 Å². The van der Waals surface area contributed by atoms with Gasteiger partial charge in [0.25, 0.3) is 5.69 Å². The molecule has 0 amide bonds. The summed E-state index contributed by atoms with van der Waals surface area (Å²) < 4.78 is 0. The first-order valence-corrected chi connectivity index (χ1v) is 5.61. The number of hydrogen-bond donors (Lipinski definition) is 0. The molecule has 76 valence electrons.